The lowest BCUT2D eigenvalue weighted by Gasteiger charge is -2.15. The van der Waals surface area contributed by atoms with Crippen LogP contribution in [0.1, 0.15) is 24.6 Å². The molecule has 1 aromatic heterocycles. The Labute approximate surface area is 121 Å². The van der Waals surface area contributed by atoms with Gasteiger partial charge in [-0.1, -0.05) is 6.92 Å². The van der Waals surface area contributed by atoms with Crippen molar-refractivity contribution in [1.82, 2.24) is 9.88 Å². The van der Waals surface area contributed by atoms with Gasteiger partial charge in [0.2, 0.25) is 0 Å². The van der Waals surface area contributed by atoms with Gasteiger partial charge in [-0.15, -0.1) is 0 Å². The quantitative estimate of drug-likeness (QED) is 0.928. The molecule has 1 fully saturated rings. The van der Waals surface area contributed by atoms with Gasteiger partial charge in [-0.2, -0.15) is 18.4 Å². The van der Waals surface area contributed by atoms with Gasteiger partial charge in [-0.3, -0.25) is 0 Å². The minimum atomic E-state index is -4.50. The van der Waals surface area contributed by atoms with Crippen molar-refractivity contribution in [3.8, 4) is 6.07 Å². The van der Waals surface area contributed by atoms with Gasteiger partial charge < -0.3 is 10.2 Å². The van der Waals surface area contributed by atoms with E-state index in [0.29, 0.717) is 12.5 Å². The van der Waals surface area contributed by atoms with Gasteiger partial charge in [-0.25, -0.2) is 4.98 Å². The highest BCUT2D eigenvalue weighted by Crippen LogP contribution is 2.29. The van der Waals surface area contributed by atoms with Gasteiger partial charge in [0, 0.05) is 13.1 Å². The molecule has 2 rings (SSSR count). The molecule has 0 bridgehead atoms. The minimum absolute atomic E-state index is 0.0160. The van der Waals surface area contributed by atoms with Crippen LogP contribution in [0.25, 0.3) is 0 Å². The van der Waals surface area contributed by atoms with Gasteiger partial charge in [0.15, 0.2) is 0 Å². The fourth-order valence-corrected chi connectivity index (χ4v) is 2.45. The molecule has 2 heterocycles. The Hall–Kier alpha value is -1.81. The summed E-state index contributed by atoms with van der Waals surface area (Å²) in [6.45, 7) is 5.51. The lowest BCUT2D eigenvalue weighted by Crippen LogP contribution is -2.23. The summed E-state index contributed by atoms with van der Waals surface area (Å²) in [6, 6.07) is 3.86. The summed E-state index contributed by atoms with van der Waals surface area (Å²) in [5, 5.41) is 11.9. The Morgan fingerprint density at radius 2 is 2.24 bits per heavy atom. The highest BCUT2D eigenvalue weighted by Gasteiger charge is 2.33. The zero-order valence-corrected chi connectivity index (χ0v) is 11.7. The normalized spacial score (nSPS) is 19.5. The molecule has 0 spiro atoms. The molecule has 114 valence electrons. The van der Waals surface area contributed by atoms with Crippen LogP contribution in [-0.4, -0.2) is 36.1 Å². The van der Waals surface area contributed by atoms with E-state index in [1.54, 1.807) is 0 Å². The van der Waals surface area contributed by atoms with Crippen molar-refractivity contribution in [3.63, 3.8) is 0 Å². The maximum atomic E-state index is 12.7. The van der Waals surface area contributed by atoms with E-state index in [1.807, 2.05) is 6.07 Å². The smallest absolute Gasteiger partial charge is 0.369 e. The van der Waals surface area contributed by atoms with E-state index in [4.69, 9.17) is 5.26 Å². The maximum Gasteiger partial charge on any atom is 0.433 e. The Balaban J connectivity index is 2.06. The van der Waals surface area contributed by atoms with Gasteiger partial charge in [0.1, 0.15) is 17.6 Å². The predicted molar refractivity (Wildman–Crippen MR) is 72.7 cm³/mol. The highest BCUT2D eigenvalue weighted by atomic mass is 19.4. The first-order valence-electron chi connectivity index (χ1n) is 6.88. The number of nitrogens with zero attached hydrogens (tertiary/aromatic N) is 3. The summed E-state index contributed by atoms with van der Waals surface area (Å²) in [6.07, 6.45) is -3.50. The van der Waals surface area contributed by atoms with Crippen LogP contribution in [0.2, 0.25) is 0 Å². The molecular formula is C14H17F3N4. The summed E-state index contributed by atoms with van der Waals surface area (Å²) < 4.78 is 38.0. The van der Waals surface area contributed by atoms with Gasteiger partial charge in [0.05, 0.1) is 5.56 Å². The number of alkyl halides is 3. The Kier molecular flexibility index (Phi) is 4.68. The number of anilines is 1. The SMILES string of the molecule is CCN1CCC(CNc2nc(C(F)(F)F)ccc2C#N)C1. The van der Waals surface area contributed by atoms with Crippen LogP contribution in [0.4, 0.5) is 19.0 Å². The van der Waals surface area contributed by atoms with Crippen molar-refractivity contribution >= 4 is 5.82 Å². The van der Waals surface area contributed by atoms with Gasteiger partial charge >= 0.3 is 6.18 Å². The highest BCUT2D eigenvalue weighted by molar-refractivity contribution is 5.52. The Morgan fingerprint density at radius 3 is 2.81 bits per heavy atom. The molecule has 1 N–H and O–H groups in total. The molecule has 7 heteroatoms. The number of pyridine rings is 1. The maximum absolute atomic E-state index is 12.7. The average Bonchev–Trinajstić information content (AvgIpc) is 2.91. The molecule has 0 radical (unpaired) electrons. The summed E-state index contributed by atoms with van der Waals surface area (Å²) in [5.41, 5.74) is -0.848. The number of nitrogens with one attached hydrogen (secondary N) is 1. The number of nitriles is 1. The standard InChI is InChI=1S/C14H17F3N4/c1-2-21-6-5-10(9-21)8-19-13-11(7-18)3-4-12(20-13)14(15,16)17/h3-4,10H,2,5-6,8-9H2,1H3,(H,19,20). The van der Waals surface area contributed by atoms with Gasteiger partial charge in [0.25, 0.3) is 0 Å². The molecule has 1 unspecified atom stereocenters. The second-order valence-corrected chi connectivity index (χ2v) is 5.13. The Bertz CT molecular complexity index is 536. The van der Waals surface area contributed by atoms with E-state index in [1.165, 1.54) is 0 Å². The van der Waals surface area contributed by atoms with Crippen molar-refractivity contribution in [3.05, 3.63) is 23.4 Å². The van der Waals surface area contributed by atoms with E-state index in [0.717, 1.165) is 38.2 Å². The van der Waals surface area contributed by atoms with Crippen LogP contribution in [0.3, 0.4) is 0 Å². The number of hydrogen-bond donors (Lipinski definition) is 1. The first-order valence-corrected chi connectivity index (χ1v) is 6.88. The van der Waals surface area contributed by atoms with Crippen LogP contribution in [-0.2, 0) is 6.18 Å². The molecule has 4 nitrogen and oxygen atoms in total. The number of likely N-dealkylation sites (tertiary alicyclic amines) is 1. The first-order chi connectivity index (χ1) is 9.94. The molecule has 0 amide bonds. The largest absolute Gasteiger partial charge is 0.433 e. The lowest BCUT2D eigenvalue weighted by atomic mass is 10.1. The fourth-order valence-electron chi connectivity index (χ4n) is 2.45. The van der Waals surface area contributed by atoms with E-state index in [2.05, 4.69) is 22.1 Å². The van der Waals surface area contributed by atoms with Crippen LogP contribution in [0, 0.1) is 17.2 Å². The molecule has 0 aromatic carbocycles. The fraction of sp³-hybridized carbons (Fsp3) is 0.571. The molecular weight excluding hydrogens is 281 g/mol. The third-order valence-electron chi connectivity index (χ3n) is 3.68. The van der Waals surface area contributed by atoms with Crippen molar-refractivity contribution in [2.45, 2.75) is 19.5 Å². The van der Waals surface area contributed by atoms with E-state index in [9.17, 15) is 13.2 Å². The lowest BCUT2D eigenvalue weighted by molar-refractivity contribution is -0.141. The Morgan fingerprint density at radius 1 is 1.48 bits per heavy atom. The van der Waals surface area contributed by atoms with E-state index in [-0.39, 0.29) is 11.4 Å². The number of aromatic nitrogens is 1. The topological polar surface area (TPSA) is 52.0 Å². The zero-order valence-electron chi connectivity index (χ0n) is 11.7. The van der Waals surface area contributed by atoms with E-state index >= 15 is 0 Å². The summed E-state index contributed by atoms with van der Waals surface area (Å²) >= 11 is 0. The second kappa shape index (κ2) is 6.31. The van der Waals surface area contributed by atoms with Crippen molar-refractivity contribution < 1.29 is 13.2 Å². The molecule has 1 aliphatic heterocycles. The molecule has 1 aromatic rings. The molecule has 1 saturated heterocycles. The summed E-state index contributed by atoms with van der Waals surface area (Å²) in [5.74, 6) is 0.384. The summed E-state index contributed by atoms with van der Waals surface area (Å²) in [4.78, 5) is 5.83. The van der Waals surface area contributed by atoms with Crippen LogP contribution in [0.15, 0.2) is 12.1 Å². The molecule has 0 saturated carbocycles. The van der Waals surface area contributed by atoms with Crippen LogP contribution >= 0.6 is 0 Å². The van der Waals surface area contributed by atoms with Crippen molar-refractivity contribution in [2.24, 2.45) is 5.92 Å². The second-order valence-electron chi connectivity index (χ2n) is 5.13. The molecule has 1 aliphatic rings. The third-order valence-corrected chi connectivity index (χ3v) is 3.68. The first kappa shape index (κ1) is 15.6. The molecule has 1 atom stereocenters. The monoisotopic (exact) mass is 298 g/mol. The number of hydrogen-bond acceptors (Lipinski definition) is 4. The van der Waals surface area contributed by atoms with E-state index < -0.39 is 11.9 Å². The number of rotatable bonds is 4. The molecule has 0 aliphatic carbocycles. The average molecular weight is 298 g/mol. The third kappa shape index (κ3) is 3.85. The number of halogens is 3. The van der Waals surface area contributed by atoms with Crippen LogP contribution < -0.4 is 5.32 Å². The summed E-state index contributed by atoms with van der Waals surface area (Å²) in [7, 11) is 0. The minimum Gasteiger partial charge on any atom is -0.369 e. The zero-order chi connectivity index (χ0) is 15.5. The van der Waals surface area contributed by atoms with Gasteiger partial charge in [-0.05, 0) is 37.6 Å². The van der Waals surface area contributed by atoms with Crippen molar-refractivity contribution in [2.75, 3.05) is 31.5 Å². The van der Waals surface area contributed by atoms with Crippen LogP contribution in [0.5, 0.6) is 0 Å². The predicted octanol–water partition coefficient (Wildman–Crippen LogP) is 2.73. The van der Waals surface area contributed by atoms with Crippen molar-refractivity contribution in [1.29, 1.82) is 5.26 Å². The molecule has 21 heavy (non-hydrogen) atoms.